The molecule has 1 aromatic heterocycles. The largest absolute Gasteiger partial charge is 0.352 e. The lowest BCUT2D eigenvalue weighted by molar-refractivity contribution is 0.102. The van der Waals surface area contributed by atoms with Crippen LogP contribution < -0.4 is 10.6 Å². The number of benzene rings is 1. The summed E-state index contributed by atoms with van der Waals surface area (Å²) >= 11 is 5.96. The van der Waals surface area contributed by atoms with Gasteiger partial charge in [-0.1, -0.05) is 24.6 Å². The Labute approximate surface area is 135 Å². The number of hydrogen-bond acceptors (Lipinski definition) is 4. The van der Waals surface area contributed by atoms with Crippen LogP contribution in [0.5, 0.6) is 0 Å². The maximum atomic E-state index is 12.3. The van der Waals surface area contributed by atoms with Crippen molar-refractivity contribution in [1.29, 1.82) is 0 Å². The summed E-state index contributed by atoms with van der Waals surface area (Å²) in [7, 11) is 0. The Morgan fingerprint density at radius 1 is 1.36 bits per heavy atom. The molecule has 1 amide bonds. The summed E-state index contributed by atoms with van der Waals surface area (Å²) < 4.78 is 0. The molecular formula is C16H19ClN4O. The molecule has 0 saturated carbocycles. The number of anilines is 2. The van der Waals surface area contributed by atoms with Crippen LogP contribution in [-0.4, -0.2) is 21.9 Å². The van der Waals surface area contributed by atoms with Crippen molar-refractivity contribution in [3.63, 3.8) is 0 Å². The number of carbonyl (C=O) groups is 1. The lowest BCUT2D eigenvalue weighted by atomic mass is 10.2. The van der Waals surface area contributed by atoms with E-state index < -0.39 is 0 Å². The van der Waals surface area contributed by atoms with Gasteiger partial charge in [-0.05, 0) is 44.0 Å². The maximum absolute atomic E-state index is 12.3. The van der Waals surface area contributed by atoms with Gasteiger partial charge in [-0.3, -0.25) is 4.79 Å². The number of rotatable bonds is 5. The maximum Gasteiger partial charge on any atom is 0.274 e. The first-order valence-corrected chi connectivity index (χ1v) is 7.54. The van der Waals surface area contributed by atoms with E-state index in [9.17, 15) is 4.79 Å². The second-order valence-corrected chi connectivity index (χ2v) is 5.57. The van der Waals surface area contributed by atoms with E-state index in [-0.39, 0.29) is 11.9 Å². The number of carbonyl (C=O) groups excluding carboxylic acids is 1. The van der Waals surface area contributed by atoms with Crippen LogP contribution in [0.3, 0.4) is 0 Å². The molecule has 1 atom stereocenters. The average Bonchev–Trinajstić information content (AvgIpc) is 2.51. The zero-order valence-electron chi connectivity index (χ0n) is 12.9. The highest BCUT2D eigenvalue weighted by molar-refractivity contribution is 6.31. The molecule has 0 aliphatic carbocycles. The summed E-state index contributed by atoms with van der Waals surface area (Å²) in [5.74, 6) is 0.157. The molecule has 6 heteroatoms. The minimum absolute atomic E-state index is 0.244. The molecule has 22 heavy (non-hydrogen) atoms. The van der Waals surface area contributed by atoms with Gasteiger partial charge in [-0.2, -0.15) is 0 Å². The highest BCUT2D eigenvalue weighted by atomic mass is 35.5. The van der Waals surface area contributed by atoms with Crippen LogP contribution in [0.1, 0.15) is 36.3 Å². The summed E-state index contributed by atoms with van der Waals surface area (Å²) in [5.41, 5.74) is 1.91. The number of aryl methyl sites for hydroxylation is 1. The molecule has 0 radical (unpaired) electrons. The molecule has 0 fully saturated rings. The van der Waals surface area contributed by atoms with E-state index in [1.807, 2.05) is 19.9 Å². The fourth-order valence-corrected chi connectivity index (χ4v) is 1.96. The van der Waals surface area contributed by atoms with Gasteiger partial charge >= 0.3 is 0 Å². The minimum atomic E-state index is -0.292. The standard InChI is InChI=1S/C16H19ClN4O/c1-4-11(3)19-16-18-8-7-13(21-16)15(22)20-14-9-12(17)6-5-10(14)2/h5-9,11H,4H2,1-3H3,(H,20,22)(H,18,19,21). The number of halogens is 1. The third kappa shape index (κ3) is 4.18. The highest BCUT2D eigenvalue weighted by Crippen LogP contribution is 2.20. The van der Waals surface area contributed by atoms with Crippen molar-refractivity contribution in [2.45, 2.75) is 33.2 Å². The Morgan fingerprint density at radius 3 is 2.86 bits per heavy atom. The van der Waals surface area contributed by atoms with Crippen LogP contribution in [0.15, 0.2) is 30.5 Å². The predicted octanol–water partition coefficient (Wildman–Crippen LogP) is 3.90. The summed E-state index contributed by atoms with van der Waals surface area (Å²) in [5, 5.41) is 6.54. The Balaban J connectivity index is 2.15. The Bertz CT molecular complexity index is 675. The molecule has 0 aliphatic rings. The molecule has 2 rings (SSSR count). The van der Waals surface area contributed by atoms with Crippen molar-refractivity contribution in [2.24, 2.45) is 0 Å². The molecule has 5 nitrogen and oxygen atoms in total. The van der Waals surface area contributed by atoms with Gasteiger partial charge in [0, 0.05) is 22.9 Å². The zero-order chi connectivity index (χ0) is 16.1. The lowest BCUT2D eigenvalue weighted by Crippen LogP contribution is -2.19. The van der Waals surface area contributed by atoms with Gasteiger partial charge in [0.05, 0.1) is 0 Å². The Morgan fingerprint density at radius 2 is 2.14 bits per heavy atom. The van der Waals surface area contributed by atoms with E-state index in [1.54, 1.807) is 24.4 Å². The first-order valence-electron chi connectivity index (χ1n) is 7.16. The van der Waals surface area contributed by atoms with Gasteiger partial charge < -0.3 is 10.6 Å². The smallest absolute Gasteiger partial charge is 0.274 e. The van der Waals surface area contributed by atoms with E-state index in [4.69, 9.17) is 11.6 Å². The summed E-state index contributed by atoms with van der Waals surface area (Å²) in [6.07, 6.45) is 2.51. The quantitative estimate of drug-likeness (QED) is 0.877. The first-order chi connectivity index (χ1) is 10.5. The summed E-state index contributed by atoms with van der Waals surface area (Å²) in [6.45, 7) is 6.00. The van der Waals surface area contributed by atoms with E-state index in [0.29, 0.717) is 22.4 Å². The monoisotopic (exact) mass is 318 g/mol. The Hall–Kier alpha value is -2.14. The molecule has 0 aliphatic heterocycles. The van der Waals surface area contributed by atoms with Gasteiger partial charge in [0.15, 0.2) is 0 Å². The fourth-order valence-electron chi connectivity index (χ4n) is 1.79. The molecular weight excluding hydrogens is 300 g/mol. The van der Waals surface area contributed by atoms with E-state index in [2.05, 4.69) is 27.5 Å². The molecule has 0 bridgehead atoms. The van der Waals surface area contributed by atoms with Crippen LogP contribution in [0, 0.1) is 6.92 Å². The van der Waals surface area contributed by atoms with Crippen molar-refractivity contribution in [3.05, 3.63) is 46.7 Å². The van der Waals surface area contributed by atoms with Gasteiger partial charge in [0.25, 0.3) is 5.91 Å². The number of amides is 1. The number of nitrogens with one attached hydrogen (secondary N) is 2. The van der Waals surface area contributed by atoms with Gasteiger partial charge in [-0.15, -0.1) is 0 Å². The molecule has 2 aromatic rings. The third-order valence-electron chi connectivity index (χ3n) is 3.32. The number of aromatic nitrogens is 2. The van der Waals surface area contributed by atoms with Crippen LogP contribution in [0.25, 0.3) is 0 Å². The van der Waals surface area contributed by atoms with Crippen LogP contribution >= 0.6 is 11.6 Å². The second kappa shape index (κ2) is 7.22. The van der Waals surface area contributed by atoms with E-state index in [1.165, 1.54) is 0 Å². The zero-order valence-corrected chi connectivity index (χ0v) is 13.6. The van der Waals surface area contributed by atoms with Crippen LogP contribution in [0.4, 0.5) is 11.6 Å². The van der Waals surface area contributed by atoms with Crippen LogP contribution in [-0.2, 0) is 0 Å². The van der Waals surface area contributed by atoms with Crippen molar-refractivity contribution >= 4 is 29.1 Å². The molecule has 0 saturated heterocycles. The van der Waals surface area contributed by atoms with Gasteiger partial charge in [-0.25, -0.2) is 9.97 Å². The highest BCUT2D eigenvalue weighted by Gasteiger charge is 2.11. The summed E-state index contributed by atoms with van der Waals surface area (Å²) in [6, 6.07) is 7.18. The molecule has 0 spiro atoms. The van der Waals surface area contributed by atoms with Crippen molar-refractivity contribution < 1.29 is 4.79 Å². The molecule has 116 valence electrons. The summed E-state index contributed by atoms with van der Waals surface area (Å²) in [4.78, 5) is 20.7. The number of hydrogen-bond donors (Lipinski definition) is 2. The van der Waals surface area contributed by atoms with E-state index >= 15 is 0 Å². The fraction of sp³-hybridized carbons (Fsp3) is 0.312. The predicted molar refractivity (Wildman–Crippen MR) is 89.5 cm³/mol. The molecule has 2 N–H and O–H groups in total. The molecule has 1 aromatic carbocycles. The minimum Gasteiger partial charge on any atom is -0.352 e. The normalized spacial score (nSPS) is 11.8. The third-order valence-corrected chi connectivity index (χ3v) is 3.56. The van der Waals surface area contributed by atoms with Gasteiger partial charge in [0.2, 0.25) is 5.95 Å². The van der Waals surface area contributed by atoms with Crippen LogP contribution in [0.2, 0.25) is 5.02 Å². The average molecular weight is 319 g/mol. The molecule has 1 heterocycles. The van der Waals surface area contributed by atoms with Crippen molar-refractivity contribution in [1.82, 2.24) is 9.97 Å². The SMILES string of the molecule is CCC(C)Nc1nccc(C(=O)Nc2cc(Cl)ccc2C)n1. The topological polar surface area (TPSA) is 66.9 Å². The first kappa shape index (κ1) is 16.2. The van der Waals surface area contributed by atoms with Crippen molar-refractivity contribution in [3.8, 4) is 0 Å². The molecule has 1 unspecified atom stereocenters. The second-order valence-electron chi connectivity index (χ2n) is 5.13. The Kier molecular flexibility index (Phi) is 5.33. The number of nitrogens with zero attached hydrogens (tertiary/aromatic N) is 2. The van der Waals surface area contributed by atoms with E-state index in [0.717, 1.165) is 12.0 Å². The lowest BCUT2D eigenvalue weighted by Gasteiger charge is -2.12. The van der Waals surface area contributed by atoms with Crippen molar-refractivity contribution in [2.75, 3.05) is 10.6 Å². The van der Waals surface area contributed by atoms with Gasteiger partial charge in [0.1, 0.15) is 5.69 Å².